The first-order valence-corrected chi connectivity index (χ1v) is 10.8. The van der Waals surface area contributed by atoms with Crippen molar-refractivity contribution in [2.24, 2.45) is 0 Å². The lowest BCUT2D eigenvalue weighted by Crippen LogP contribution is -2.05. The van der Waals surface area contributed by atoms with Crippen LogP contribution in [0, 0.1) is 6.92 Å². The van der Waals surface area contributed by atoms with E-state index in [4.69, 9.17) is 0 Å². The summed E-state index contributed by atoms with van der Waals surface area (Å²) in [4.78, 5) is 10.7. The first-order valence-electron chi connectivity index (χ1n) is 9.84. The highest BCUT2D eigenvalue weighted by Crippen LogP contribution is 2.36. The van der Waals surface area contributed by atoms with Gasteiger partial charge < -0.3 is 9.88 Å². The Balaban J connectivity index is 1.68. The second-order valence-electron chi connectivity index (χ2n) is 7.20. The quantitative estimate of drug-likeness (QED) is 0.459. The van der Waals surface area contributed by atoms with Crippen LogP contribution in [0.5, 0.6) is 0 Å². The van der Waals surface area contributed by atoms with E-state index in [1.165, 1.54) is 16.2 Å². The molecule has 0 bridgehead atoms. The number of hydrogen-bond donors (Lipinski definition) is 1. The summed E-state index contributed by atoms with van der Waals surface area (Å²) in [5.74, 6) is 2.06. The molecule has 0 amide bonds. The Morgan fingerprint density at radius 2 is 1.97 bits per heavy atom. The summed E-state index contributed by atoms with van der Waals surface area (Å²) < 4.78 is 2.17. The topological polar surface area (TPSA) is 42.7 Å². The lowest BCUT2D eigenvalue weighted by atomic mass is 10.1. The number of benzene rings is 2. The molecule has 0 saturated heterocycles. The Morgan fingerprint density at radius 1 is 1.07 bits per heavy atom. The molecule has 0 saturated carbocycles. The third-order valence-corrected chi connectivity index (χ3v) is 6.28. The number of thioether (sulfide) groups is 1. The molecular formula is C24H22N4S. The zero-order valence-corrected chi connectivity index (χ0v) is 17.1. The lowest BCUT2D eigenvalue weighted by Gasteiger charge is -2.09. The van der Waals surface area contributed by atoms with Gasteiger partial charge in [-0.1, -0.05) is 48.5 Å². The van der Waals surface area contributed by atoms with Gasteiger partial charge in [0.1, 0.15) is 12.1 Å². The molecule has 0 unspecified atom stereocenters. The fourth-order valence-corrected chi connectivity index (χ4v) is 4.68. The molecule has 3 heterocycles. The van der Waals surface area contributed by atoms with Crippen LogP contribution in [0.25, 0.3) is 27.8 Å². The summed E-state index contributed by atoms with van der Waals surface area (Å²) >= 11 is 1.92. The van der Waals surface area contributed by atoms with Gasteiger partial charge in [0.25, 0.3) is 0 Å². The predicted molar refractivity (Wildman–Crippen MR) is 123 cm³/mol. The van der Waals surface area contributed by atoms with Crippen LogP contribution in [0.4, 0.5) is 5.82 Å². The molecule has 0 spiro atoms. The van der Waals surface area contributed by atoms with Crippen molar-refractivity contribution in [2.75, 3.05) is 17.6 Å². The second kappa shape index (κ2) is 7.76. The number of fused-ring (bicyclic) bond motifs is 1. The monoisotopic (exact) mass is 398 g/mol. The van der Waals surface area contributed by atoms with Gasteiger partial charge in [0.15, 0.2) is 5.65 Å². The molecule has 29 heavy (non-hydrogen) atoms. The Kier molecular flexibility index (Phi) is 4.82. The largest absolute Gasteiger partial charge is 0.365 e. The van der Waals surface area contributed by atoms with E-state index < -0.39 is 0 Å². The van der Waals surface area contributed by atoms with Crippen molar-refractivity contribution in [1.82, 2.24) is 14.5 Å². The Bertz CT molecular complexity index is 1190. The maximum atomic E-state index is 4.67. The molecule has 144 valence electrons. The van der Waals surface area contributed by atoms with Crippen molar-refractivity contribution in [2.45, 2.75) is 13.3 Å². The van der Waals surface area contributed by atoms with Crippen LogP contribution < -0.4 is 5.32 Å². The van der Waals surface area contributed by atoms with Crippen molar-refractivity contribution in [3.8, 4) is 16.8 Å². The third kappa shape index (κ3) is 3.54. The maximum absolute atomic E-state index is 4.67. The number of allylic oxidation sites excluding steroid dienone is 1. The number of nitrogens with zero attached hydrogens (tertiary/aromatic N) is 3. The van der Waals surface area contributed by atoms with Crippen molar-refractivity contribution in [1.29, 1.82) is 0 Å². The fourth-order valence-electron chi connectivity index (χ4n) is 3.77. The van der Waals surface area contributed by atoms with Gasteiger partial charge in [-0.05, 0) is 36.6 Å². The zero-order valence-electron chi connectivity index (χ0n) is 16.3. The number of aryl methyl sites for hydroxylation is 1. The first-order chi connectivity index (χ1) is 14.3. The van der Waals surface area contributed by atoms with E-state index in [1.54, 1.807) is 6.33 Å². The van der Waals surface area contributed by atoms with Gasteiger partial charge in [0, 0.05) is 34.7 Å². The first kappa shape index (κ1) is 18.0. The number of rotatable bonds is 5. The molecule has 5 heteroatoms. The number of anilines is 1. The fraction of sp³-hybridized carbons (Fsp3) is 0.167. The number of hydrogen-bond acceptors (Lipinski definition) is 4. The lowest BCUT2D eigenvalue weighted by molar-refractivity contribution is 1.07. The van der Waals surface area contributed by atoms with Gasteiger partial charge in [0.05, 0.1) is 5.39 Å². The standard InChI is InChI=1S/C24H22N4S/c1-17-7-5-10-19(13-17)28-15-21(18-8-3-2-4-9-18)22-23(26-16-27-24(22)28)25-14-20-11-6-12-29-20/h2-5,7-11,13,15-16H,6,12,14H2,1H3,(H,25,26,27). The van der Waals surface area contributed by atoms with Crippen LogP contribution in [-0.4, -0.2) is 26.8 Å². The van der Waals surface area contributed by atoms with E-state index in [0.717, 1.165) is 46.6 Å². The smallest absolute Gasteiger partial charge is 0.150 e. The zero-order chi connectivity index (χ0) is 19.6. The third-order valence-electron chi connectivity index (χ3n) is 5.15. The molecule has 4 nitrogen and oxygen atoms in total. The molecule has 5 rings (SSSR count). The molecule has 2 aromatic carbocycles. The second-order valence-corrected chi connectivity index (χ2v) is 8.42. The normalized spacial score (nSPS) is 13.6. The van der Waals surface area contributed by atoms with Crippen LogP contribution in [0.1, 0.15) is 12.0 Å². The van der Waals surface area contributed by atoms with E-state index in [1.807, 2.05) is 17.8 Å². The molecular weight excluding hydrogens is 376 g/mol. The molecule has 0 fully saturated rings. The number of nitrogens with one attached hydrogen (secondary N) is 1. The summed E-state index contributed by atoms with van der Waals surface area (Å²) in [7, 11) is 0. The molecule has 1 aliphatic rings. The molecule has 1 N–H and O–H groups in total. The summed E-state index contributed by atoms with van der Waals surface area (Å²) in [6, 6.07) is 19.0. The van der Waals surface area contributed by atoms with E-state index in [0.29, 0.717) is 0 Å². The highest BCUT2D eigenvalue weighted by atomic mass is 32.2. The van der Waals surface area contributed by atoms with Crippen LogP contribution in [0.2, 0.25) is 0 Å². The molecule has 2 aromatic heterocycles. The Morgan fingerprint density at radius 3 is 2.76 bits per heavy atom. The minimum Gasteiger partial charge on any atom is -0.365 e. The molecule has 1 aliphatic heterocycles. The molecule has 0 atom stereocenters. The molecule has 0 aliphatic carbocycles. The summed E-state index contributed by atoms with van der Waals surface area (Å²) in [6.07, 6.45) is 7.30. The predicted octanol–water partition coefficient (Wildman–Crippen LogP) is 5.83. The van der Waals surface area contributed by atoms with Crippen molar-refractivity contribution < 1.29 is 0 Å². The van der Waals surface area contributed by atoms with Gasteiger partial charge >= 0.3 is 0 Å². The number of aromatic nitrogens is 3. The van der Waals surface area contributed by atoms with Gasteiger partial charge in [-0.15, -0.1) is 11.8 Å². The minimum absolute atomic E-state index is 0.806. The van der Waals surface area contributed by atoms with E-state index >= 15 is 0 Å². The van der Waals surface area contributed by atoms with Crippen molar-refractivity contribution in [3.05, 3.63) is 83.7 Å². The van der Waals surface area contributed by atoms with Crippen LogP contribution in [0.3, 0.4) is 0 Å². The van der Waals surface area contributed by atoms with Crippen LogP contribution in [-0.2, 0) is 0 Å². The highest BCUT2D eigenvalue weighted by molar-refractivity contribution is 8.03. The SMILES string of the molecule is Cc1cccc(-n2cc(-c3ccccc3)c3c(NCC4=CCCS4)ncnc32)c1. The van der Waals surface area contributed by atoms with E-state index in [9.17, 15) is 0 Å². The van der Waals surface area contributed by atoms with E-state index in [-0.39, 0.29) is 0 Å². The van der Waals surface area contributed by atoms with Gasteiger partial charge in [-0.2, -0.15) is 0 Å². The van der Waals surface area contributed by atoms with Crippen molar-refractivity contribution in [3.63, 3.8) is 0 Å². The summed E-state index contributed by atoms with van der Waals surface area (Å²) in [6.45, 7) is 2.92. The highest BCUT2D eigenvalue weighted by Gasteiger charge is 2.17. The minimum atomic E-state index is 0.806. The van der Waals surface area contributed by atoms with Gasteiger partial charge in [0.2, 0.25) is 0 Å². The Labute approximate surface area is 174 Å². The Hall–Kier alpha value is -3.05. The average molecular weight is 399 g/mol. The summed E-state index contributed by atoms with van der Waals surface area (Å²) in [5.41, 5.74) is 5.55. The van der Waals surface area contributed by atoms with Gasteiger partial charge in [-0.25, -0.2) is 9.97 Å². The average Bonchev–Trinajstić information content (AvgIpc) is 3.41. The van der Waals surface area contributed by atoms with E-state index in [2.05, 4.69) is 87.6 Å². The van der Waals surface area contributed by atoms with Crippen LogP contribution >= 0.6 is 11.8 Å². The molecule has 0 radical (unpaired) electrons. The van der Waals surface area contributed by atoms with Crippen molar-refractivity contribution >= 4 is 28.6 Å². The van der Waals surface area contributed by atoms with Crippen LogP contribution in [0.15, 0.2) is 78.1 Å². The summed E-state index contributed by atoms with van der Waals surface area (Å²) in [5, 5.41) is 4.62. The molecule has 4 aromatic rings. The maximum Gasteiger partial charge on any atom is 0.150 e. The van der Waals surface area contributed by atoms with Gasteiger partial charge in [-0.3, -0.25) is 0 Å².